The van der Waals surface area contributed by atoms with E-state index in [2.05, 4.69) is 15.2 Å². The van der Waals surface area contributed by atoms with Crippen LogP contribution in [0.4, 0.5) is 13.2 Å². The Hall–Kier alpha value is -1.43. The number of alkyl halides is 3. The van der Waals surface area contributed by atoms with Gasteiger partial charge in [0, 0.05) is 12.0 Å². The van der Waals surface area contributed by atoms with E-state index < -0.39 is 11.9 Å². The Kier molecular flexibility index (Phi) is 5.04. The molecule has 0 radical (unpaired) electrons. The van der Waals surface area contributed by atoms with Crippen molar-refractivity contribution in [1.82, 2.24) is 19.7 Å². The minimum Gasteiger partial charge on any atom is -0.376 e. The van der Waals surface area contributed by atoms with Crippen molar-refractivity contribution in [2.45, 2.75) is 41.2 Å². The van der Waals surface area contributed by atoms with E-state index in [-0.39, 0.29) is 10.4 Å². The molecule has 3 aromatic heterocycles. The van der Waals surface area contributed by atoms with Crippen LogP contribution in [0.3, 0.4) is 0 Å². The van der Waals surface area contributed by atoms with Gasteiger partial charge in [-0.25, -0.2) is 4.98 Å². The molecule has 0 bridgehead atoms. The maximum absolute atomic E-state index is 12.8. The van der Waals surface area contributed by atoms with Crippen LogP contribution in [0, 0.1) is 0 Å². The van der Waals surface area contributed by atoms with Gasteiger partial charge in [0.25, 0.3) is 0 Å². The molecule has 1 aliphatic heterocycles. The Labute approximate surface area is 159 Å². The third-order valence-corrected chi connectivity index (χ3v) is 6.61. The molecular weight excluding hydrogens is 405 g/mol. The number of aromatic nitrogens is 4. The Morgan fingerprint density at radius 3 is 2.85 bits per heavy atom. The van der Waals surface area contributed by atoms with Gasteiger partial charge >= 0.3 is 6.18 Å². The molecule has 1 unspecified atom stereocenters. The summed E-state index contributed by atoms with van der Waals surface area (Å²) in [6, 6.07) is 3.87. The highest BCUT2D eigenvalue weighted by Crippen LogP contribution is 2.37. The summed E-state index contributed by atoms with van der Waals surface area (Å²) >= 11 is 3.59. The van der Waals surface area contributed by atoms with Gasteiger partial charge in [0.1, 0.15) is 0 Å². The second kappa shape index (κ2) is 7.29. The number of rotatable bonds is 5. The van der Waals surface area contributed by atoms with Crippen molar-refractivity contribution in [2.75, 3.05) is 6.61 Å². The van der Waals surface area contributed by atoms with Crippen molar-refractivity contribution in [3.8, 4) is 10.7 Å². The third kappa shape index (κ3) is 3.80. The molecule has 1 fully saturated rings. The Balaban J connectivity index is 1.63. The summed E-state index contributed by atoms with van der Waals surface area (Å²) in [5, 5.41) is 11.9. The Bertz CT molecular complexity index is 869. The number of thiazole rings is 1. The molecule has 0 amide bonds. The van der Waals surface area contributed by atoms with Crippen LogP contribution in [0.1, 0.15) is 18.5 Å². The van der Waals surface area contributed by atoms with Crippen molar-refractivity contribution in [3.63, 3.8) is 0 Å². The highest BCUT2D eigenvalue weighted by molar-refractivity contribution is 8.00. The molecule has 0 saturated carbocycles. The second-order valence-electron chi connectivity index (χ2n) is 5.63. The van der Waals surface area contributed by atoms with Gasteiger partial charge < -0.3 is 4.74 Å². The summed E-state index contributed by atoms with van der Waals surface area (Å²) in [4.78, 5) is 4.62. The van der Waals surface area contributed by atoms with Gasteiger partial charge in [-0.15, -0.1) is 32.9 Å². The summed E-state index contributed by atoms with van der Waals surface area (Å²) in [6.45, 7) is 1.30. The van der Waals surface area contributed by atoms with Crippen LogP contribution in [0.25, 0.3) is 10.7 Å². The first-order chi connectivity index (χ1) is 12.5. The molecule has 5 nitrogen and oxygen atoms in total. The second-order valence-corrected chi connectivity index (χ2v) is 8.65. The minimum absolute atomic E-state index is 0.0612. The molecule has 138 valence electrons. The van der Waals surface area contributed by atoms with Crippen LogP contribution in [0.2, 0.25) is 0 Å². The molecule has 26 heavy (non-hydrogen) atoms. The number of halogens is 3. The monoisotopic (exact) mass is 418 g/mol. The average Bonchev–Trinajstić information content (AvgIpc) is 3.35. The van der Waals surface area contributed by atoms with E-state index in [1.54, 1.807) is 11.3 Å². The third-order valence-electron chi connectivity index (χ3n) is 3.82. The normalized spacial score (nSPS) is 17.9. The number of hydrogen-bond donors (Lipinski definition) is 0. The highest BCUT2D eigenvalue weighted by Gasteiger charge is 2.34. The van der Waals surface area contributed by atoms with Crippen molar-refractivity contribution in [1.29, 1.82) is 0 Å². The first kappa shape index (κ1) is 18.0. The van der Waals surface area contributed by atoms with Gasteiger partial charge in [0.15, 0.2) is 21.0 Å². The van der Waals surface area contributed by atoms with Crippen LogP contribution in [0.5, 0.6) is 0 Å². The first-order valence-corrected chi connectivity index (χ1v) is 10.4. The lowest BCUT2D eigenvalue weighted by molar-refractivity contribution is -0.141. The Morgan fingerprint density at radius 2 is 2.19 bits per heavy atom. The number of nitrogens with zero attached hydrogens (tertiary/aromatic N) is 4. The zero-order chi connectivity index (χ0) is 18.1. The minimum atomic E-state index is -4.44. The highest BCUT2D eigenvalue weighted by atomic mass is 32.2. The van der Waals surface area contributed by atoms with E-state index in [1.165, 1.54) is 0 Å². The average molecular weight is 418 g/mol. The standard InChI is InChI=1S/C15H13F3N4OS3/c16-15(17,18)11-8-25-14(19-11)26-13-21-20-12(10-4-2-6-24-10)22(13)7-9-3-1-5-23-9/h2,4,6,8-9H,1,3,5,7H2. The van der Waals surface area contributed by atoms with Crippen molar-refractivity contribution in [3.05, 3.63) is 28.6 Å². The van der Waals surface area contributed by atoms with Crippen LogP contribution < -0.4 is 0 Å². The van der Waals surface area contributed by atoms with Gasteiger partial charge in [-0.2, -0.15) is 13.2 Å². The number of thiophene rings is 1. The van der Waals surface area contributed by atoms with Crippen LogP contribution in [0.15, 0.2) is 32.4 Å². The summed E-state index contributed by atoms with van der Waals surface area (Å²) < 4.78 is 46.2. The van der Waals surface area contributed by atoms with E-state index in [0.29, 0.717) is 17.5 Å². The molecule has 1 saturated heterocycles. The van der Waals surface area contributed by atoms with E-state index in [4.69, 9.17) is 4.74 Å². The lowest BCUT2D eigenvalue weighted by Gasteiger charge is -2.13. The molecule has 3 aromatic rings. The zero-order valence-electron chi connectivity index (χ0n) is 13.3. The number of hydrogen-bond acceptors (Lipinski definition) is 7. The molecule has 1 atom stereocenters. The predicted octanol–water partition coefficient (Wildman–Crippen LogP) is 4.81. The van der Waals surface area contributed by atoms with E-state index >= 15 is 0 Å². The van der Waals surface area contributed by atoms with Gasteiger partial charge in [-0.3, -0.25) is 4.57 Å². The van der Waals surface area contributed by atoms with Crippen LogP contribution in [-0.2, 0) is 17.5 Å². The van der Waals surface area contributed by atoms with Crippen LogP contribution in [-0.4, -0.2) is 32.5 Å². The predicted molar refractivity (Wildman–Crippen MR) is 93.5 cm³/mol. The van der Waals surface area contributed by atoms with Gasteiger partial charge in [0.05, 0.1) is 17.5 Å². The van der Waals surface area contributed by atoms with E-state index in [1.807, 2.05) is 22.1 Å². The fraction of sp³-hybridized carbons (Fsp3) is 0.400. The lowest BCUT2D eigenvalue weighted by atomic mass is 10.2. The maximum Gasteiger partial charge on any atom is 0.434 e. The molecular formula is C15H13F3N4OS3. The summed E-state index contributed by atoms with van der Waals surface area (Å²) in [5.41, 5.74) is -0.881. The fourth-order valence-corrected chi connectivity index (χ4v) is 5.10. The van der Waals surface area contributed by atoms with Gasteiger partial charge in [-0.1, -0.05) is 6.07 Å². The van der Waals surface area contributed by atoms with E-state index in [0.717, 1.165) is 52.8 Å². The molecule has 0 aromatic carbocycles. The summed E-state index contributed by atoms with van der Waals surface area (Å²) in [6.07, 6.45) is -2.43. The van der Waals surface area contributed by atoms with E-state index in [9.17, 15) is 13.2 Å². The summed E-state index contributed by atoms with van der Waals surface area (Å²) in [5.74, 6) is 0.700. The number of ether oxygens (including phenoxy) is 1. The van der Waals surface area contributed by atoms with Gasteiger partial charge in [-0.05, 0) is 36.0 Å². The topological polar surface area (TPSA) is 52.8 Å². The van der Waals surface area contributed by atoms with Crippen LogP contribution >= 0.6 is 34.4 Å². The lowest BCUT2D eigenvalue weighted by Crippen LogP contribution is -2.16. The zero-order valence-corrected chi connectivity index (χ0v) is 15.7. The molecule has 1 aliphatic rings. The maximum atomic E-state index is 12.8. The largest absolute Gasteiger partial charge is 0.434 e. The molecule has 0 N–H and O–H groups in total. The quantitative estimate of drug-likeness (QED) is 0.595. The molecule has 4 rings (SSSR count). The first-order valence-electron chi connectivity index (χ1n) is 7.80. The molecule has 0 spiro atoms. The SMILES string of the molecule is FC(F)(F)c1csc(Sc2nnc(-c3cccs3)n2CC2CCCO2)n1. The molecule has 11 heteroatoms. The molecule has 4 heterocycles. The summed E-state index contributed by atoms with van der Waals surface area (Å²) in [7, 11) is 0. The fourth-order valence-electron chi connectivity index (χ4n) is 2.62. The Morgan fingerprint density at radius 1 is 1.31 bits per heavy atom. The smallest absolute Gasteiger partial charge is 0.376 e. The van der Waals surface area contributed by atoms with Crippen molar-refractivity contribution >= 4 is 34.4 Å². The van der Waals surface area contributed by atoms with Crippen molar-refractivity contribution < 1.29 is 17.9 Å². The molecule has 0 aliphatic carbocycles. The van der Waals surface area contributed by atoms with Crippen molar-refractivity contribution in [2.24, 2.45) is 0 Å². The van der Waals surface area contributed by atoms with Gasteiger partial charge in [0.2, 0.25) is 0 Å².